The van der Waals surface area contributed by atoms with Crippen molar-refractivity contribution in [1.82, 2.24) is 4.98 Å². The van der Waals surface area contributed by atoms with Gasteiger partial charge in [-0.2, -0.15) is 0 Å². The highest BCUT2D eigenvalue weighted by atomic mass is 35.5. The fourth-order valence-corrected chi connectivity index (χ4v) is 3.94. The molecule has 0 unspecified atom stereocenters. The van der Waals surface area contributed by atoms with E-state index in [2.05, 4.69) is 4.98 Å². The van der Waals surface area contributed by atoms with E-state index in [1.807, 2.05) is 0 Å². The SMILES string of the molecule is C[C@@H](Oc1cc(-c2ccc(P(=O)(O)O)cc2)cnc1N)c1c(Cl)ccc(F)c1Cl. The van der Waals surface area contributed by atoms with Crippen molar-refractivity contribution in [3.8, 4) is 16.9 Å². The number of nitrogens with zero attached hydrogens (tertiary/aromatic N) is 1. The van der Waals surface area contributed by atoms with Gasteiger partial charge in [0.15, 0.2) is 11.6 Å². The van der Waals surface area contributed by atoms with Gasteiger partial charge in [-0.15, -0.1) is 0 Å². The Morgan fingerprint density at radius 3 is 2.41 bits per heavy atom. The zero-order chi connectivity index (χ0) is 21.3. The lowest BCUT2D eigenvalue weighted by Crippen LogP contribution is -2.08. The van der Waals surface area contributed by atoms with Gasteiger partial charge in [-0.25, -0.2) is 9.37 Å². The van der Waals surface area contributed by atoms with Gasteiger partial charge in [0.1, 0.15) is 11.9 Å². The van der Waals surface area contributed by atoms with Gasteiger partial charge in [-0.3, -0.25) is 4.57 Å². The Kier molecular flexibility index (Phi) is 6.17. The van der Waals surface area contributed by atoms with Crippen LogP contribution >= 0.6 is 30.8 Å². The van der Waals surface area contributed by atoms with E-state index in [-0.39, 0.29) is 32.5 Å². The molecule has 10 heteroatoms. The van der Waals surface area contributed by atoms with Gasteiger partial charge in [-0.05, 0) is 42.8 Å². The first-order valence-electron chi connectivity index (χ1n) is 8.30. The molecule has 0 aliphatic heterocycles. The van der Waals surface area contributed by atoms with E-state index < -0.39 is 19.5 Å². The first-order chi connectivity index (χ1) is 13.6. The number of hydrogen-bond donors (Lipinski definition) is 3. The molecule has 3 rings (SSSR count). The van der Waals surface area contributed by atoms with E-state index in [9.17, 15) is 18.7 Å². The van der Waals surface area contributed by atoms with E-state index in [0.29, 0.717) is 11.1 Å². The molecule has 1 aromatic heterocycles. The Balaban J connectivity index is 1.92. The van der Waals surface area contributed by atoms with Gasteiger partial charge in [0.2, 0.25) is 0 Å². The van der Waals surface area contributed by atoms with Crippen molar-refractivity contribution in [2.75, 3.05) is 5.73 Å². The van der Waals surface area contributed by atoms with Crippen molar-refractivity contribution >= 4 is 41.9 Å². The molecule has 0 fully saturated rings. The number of hydrogen-bond acceptors (Lipinski definition) is 4. The molecule has 2 aromatic carbocycles. The van der Waals surface area contributed by atoms with Gasteiger partial charge >= 0.3 is 7.60 Å². The van der Waals surface area contributed by atoms with Crippen molar-refractivity contribution in [2.45, 2.75) is 13.0 Å². The zero-order valence-electron chi connectivity index (χ0n) is 15.0. The minimum absolute atomic E-state index is 0.0925. The molecule has 6 nitrogen and oxygen atoms in total. The summed E-state index contributed by atoms with van der Waals surface area (Å²) in [6, 6.07) is 9.94. The maximum absolute atomic E-state index is 13.8. The lowest BCUT2D eigenvalue weighted by molar-refractivity contribution is 0.227. The number of halogens is 3. The third-order valence-electron chi connectivity index (χ3n) is 4.21. The second kappa shape index (κ2) is 8.30. The summed E-state index contributed by atoms with van der Waals surface area (Å²) in [5.74, 6) is -0.284. The maximum atomic E-state index is 13.8. The van der Waals surface area contributed by atoms with Crippen LogP contribution < -0.4 is 15.8 Å². The minimum atomic E-state index is -4.33. The number of pyridine rings is 1. The average molecular weight is 457 g/mol. The quantitative estimate of drug-likeness (QED) is 0.378. The summed E-state index contributed by atoms with van der Waals surface area (Å²) in [6.07, 6.45) is 0.781. The van der Waals surface area contributed by atoms with Crippen LogP contribution in [-0.4, -0.2) is 14.8 Å². The lowest BCUT2D eigenvalue weighted by atomic mass is 10.1. The molecule has 4 N–H and O–H groups in total. The summed E-state index contributed by atoms with van der Waals surface area (Å²) < 4.78 is 31.0. The van der Waals surface area contributed by atoms with E-state index in [0.717, 1.165) is 0 Å². The van der Waals surface area contributed by atoms with Crippen molar-refractivity contribution in [2.24, 2.45) is 0 Å². The Morgan fingerprint density at radius 1 is 1.14 bits per heavy atom. The number of ether oxygens (including phenoxy) is 1. The van der Waals surface area contributed by atoms with Crippen LogP contribution in [0, 0.1) is 5.82 Å². The summed E-state index contributed by atoms with van der Waals surface area (Å²) in [5, 5.41) is 0.0189. The van der Waals surface area contributed by atoms with Crippen molar-refractivity contribution in [3.63, 3.8) is 0 Å². The molecule has 152 valence electrons. The highest BCUT2D eigenvalue weighted by Crippen LogP contribution is 2.37. The molecule has 3 aromatic rings. The molecule has 0 radical (unpaired) electrons. The number of nitrogen functional groups attached to an aromatic ring is 1. The smallest absolute Gasteiger partial charge is 0.356 e. The first kappa shape index (κ1) is 21.6. The predicted molar refractivity (Wildman–Crippen MR) is 111 cm³/mol. The third-order valence-corrected chi connectivity index (χ3v) is 5.89. The molecule has 0 aliphatic carbocycles. The Morgan fingerprint density at radius 2 is 1.79 bits per heavy atom. The predicted octanol–water partition coefficient (Wildman–Crippen LogP) is 4.72. The maximum Gasteiger partial charge on any atom is 0.356 e. The van der Waals surface area contributed by atoms with Crippen LogP contribution in [0.25, 0.3) is 11.1 Å². The molecule has 0 saturated carbocycles. The Labute approximate surface area is 176 Å². The molecule has 29 heavy (non-hydrogen) atoms. The number of anilines is 1. The zero-order valence-corrected chi connectivity index (χ0v) is 17.4. The number of benzene rings is 2. The molecular weight excluding hydrogens is 441 g/mol. The average Bonchev–Trinajstić information content (AvgIpc) is 2.66. The molecule has 1 atom stereocenters. The monoisotopic (exact) mass is 456 g/mol. The van der Waals surface area contributed by atoms with Crippen LogP contribution in [0.4, 0.5) is 10.2 Å². The molecule has 0 aliphatic rings. The third kappa shape index (κ3) is 4.71. The van der Waals surface area contributed by atoms with Crippen LogP contribution in [-0.2, 0) is 4.57 Å². The van der Waals surface area contributed by atoms with Crippen molar-refractivity contribution < 1.29 is 23.5 Å². The van der Waals surface area contributed by atoms with Crippen molar-refractivity contribution in [3.05, 3.63) is 70.1 Å². The van der Waals surface area contributed by atoms with Gasteiger partial charge < -0.3 is 20.3 Å². The molecule has 0 amide bonds. The number of nitrogens with two attached hydrogens (primary N) is 1. The Hall–Kier alpha value is -2.15. The lowest BCUT2D eigenvalue weighted by Gasteiger charge is -2.19. The van der Waals surface area contributed by atoms with Gasteiger partial charge in [0, 0.05) is 22.3 Å². The first-order valence-corrected chi connectivity index (χ1v) is 10.7. The van der Waals surface area contributed by atoms with E-state index in [1.54, 1.807) is 25.1 Å². The summed E-state index contributed by atoms with van der Waals surface area (Å²) in [6.45, 7) is 1.65. The summed E-state index contributed by atoms with van der Waals surface area (Å²) in [7, 11) is -4.33. The van der Waals surface area contributed by atoms with Gasteiger partial charge in [0.25, 0.3) is 0 Å². The van der Waals surface area contributed by atoms with Crippen molar-refractivity contribution in [1.29, 1.82) is 0 Å². The second-order valence-electron chi connectivity index (χ2n) is 6.22. The summed E-state index contributed by atoms with van der Waals surface area (Å²) in [5.41, 5.74) is 7.44. The van der Waals surface area contributed by atoms with E-state index in [1.165, 1.54) is 30.5 Å². The van der Waals surface area contributed by atoms with Gasteiger partial charge in [0.05, 0.1) is 10.3 Å². The largest absolute Gasteiger partial charge is 0.482 e. The summed E-state index contributed by atoms with van der Waals surface area (Å²) >= 11 is 12.2. The molecule has 1 heterocycles. The minimum Gasteiger partial charge on any atom is -0.482 e. The standard InChI is InChI=1S/C19H16Cl2FN2O4P/c1-10(17-14(20)6-7-15(22)18(17)21)28-16-8-12(9-24-19(16)23)11-2-4-13(5-3-11)29(25,26)27/h2-10H,1H3,(H2,23,24)(H2,25,26,27)/t10-/m1/s1. The highest BCUT2D eigenvalue weighted by Gasteiger charge is 2.20. The Bertz CT molecular complexity index is 1110. The molecule has 0 saturated heterocycles. The van der Waals surface area contributed by atoms with Crippen LogP contribution in [0.2, 0.25) is 10.0 Å². The topological polar surface area (TPSA) is 106 Å². The second-order valence-corrected chi connectivity index (χ2v) is 8.60. The van der Waals surface area contributed by atoms with Crippen LogP contribution in [0.1, 0.15) is 18.6 Å². The van der Waals surface area contributed by atoms with Gasteiger partial charge in [-0.1, -0.05) is 35.3 Å². The highest BCUT2D eigenvalue weighted by molar-refractivity contribution is 7.60. The van der Waals surface area contributed by atoms with Crippen LogP contribution in [0.5, 0.6) is 5.75 Å². The fourth-order valence-electron chi connectivity index (χ4n) is 2.72. The normalized spacial score (nSPS) is 12.6. The summed E-state index contributed by atoms with van der Waals surface area (Å²) in [4.78, 5) is 22.5. The fraction of sp³-hybridized carbons (Fsp3) is 0.105. The molecular formula is C19H16Cl2FN2O4P. The van der Waals surface area contributed by atoms with Crippen LogP contribution in [0.3, 0.4) is 0 Å². The van der Waals surface area contributed by atoms with E-state index >= 15 is 0 Å². The van der Waals surface area contributed by atoms with E-state index in [4.69, 9.17) is 33.7 Å². The number of rotatable bonds is 5. The number of aromatic nitrogens is 1. The molecule has 0 spiro atoms. The molecule has 0 bridgehead atoms. The van der Waals surface area contributed by atoms with Crippen LogP contribution in [0.15, 0.2) is 48.7 Å².